The van der Waals surface area contributed by atoms with Gasteiger partial charge >= 0.3 is 11.9 Å². The summed E-state index contributed by atoms with van der Waals surface area (Å²) >= 11 is 0. The third kappa shape index (κ3) is 9.92. The van der Waals surface area contributed by atoms with Gasteiger partial charge in [0.2, 0.25) is 11.8 Å². The van der Waals surface area contributed by atoms with Crippen LogP contribution in [0.1, 0.15) is 46.7 Å². The SMILES string of the molecule is COC(=O)c1cc(OC)c(O)cn1.COC(=O)c1cc(OC)c(OCC2CC(F)(F)C2)cn1.OCC1CC(F)(F)C1. The first kappa shape index (κ1) is 33.3. The van der Waals surface area contributed by atoms with E-state index >= 15 is 0 Å². The number of carbonyl (C=O) groups is 2. The number of methoxy groups -OCH3 is 4. The van der Waals surface area contributed by atoms with Gasteiger partial charge in [-0.05, 0) is 5.92 Å². The molecule has 0 aliphatic heterocycles. The summed E-state index contributed by atoms with van der Waals surface area (Å²) in [7, 11) is 5.30. The number of hydrogen-bond acceptors (Lipinski definition) is 11. The Bertz CT molecular complexity index is 1170. The van der Waals surface area contributed by atoms with Crippen LogP contribution in [-0.4, -0.2) is 85.6 Å². The van der Waals surface area contributed by atoms with Crippen molar-refractivity contribution in [2.75, 3.05) is 41.7 Å². The Hall–Kier alpha value is -3.88. The maximum absolute atomic E-state index is 12.7. The molecule has 0 unspecified atom stereocenters. The first-order valence-corrected chi connectivity index (χ1v) is 12.2. The molecule has 0 amide bonds. The molecule has 2 fully saturated rings. The molecule has 0 aromatic carbocycles. The number of pyridine rings is 2. The summed E-state index contributed by atoms with van der Waals surface area (Å²) in [4.78, 5) is 29.8. The van der Waals surface area contributed by atoms with Gasteiger partial charge in [0.05, 0.1) is 47.4 Å². The largest absolute Gasteiger partial charge is 0.503 e. The third-order valence-corrected chi connectivity index (χ3v) is 5.99. The quantitative estimate of drug-likeness (QED) is 0.340. The molecule has 0 saturated heterocycles. The lowest BCUT2D eigenvalue weighted by Gasteiger charge is -2.34. The Morgan fingerprint density at radius 3 is 1.68 bits per heavy atom. The maximum atomic E-state index is 12.7. The first-order chi connectivity index (χ1) is 19.3. The van der Waals surface area contributed by atoms with Crippen LogP contribution in [0.5, 0.6) is 23.0 Å². The second-order valence-electron chi connectivity index (χ2n) is 9.20. The predicted molar refractivity (Wildman–Crippen MR) is 134 cm³/mol. The smallest absolute Gasteiger partial charge is 0.356 e. The molecule has 2 N–H and O–H groups in total. The molecule has 2 saturated carbocycles. The number of esters is 2. The fraction of sp³-hybridized carbons (Fsp3) is 0.538. The van der Waals surface area contributed by atoms with Crippen LogP contribution in [0.2, 0.25) is 0 Å². The van der Waals surface area contributed by atoms with E-state index in [1.165, 1.54) is 46.8 Å². The van der Waals surface area contributed by atoms with Crippen molar-refractivity contribution >= 4 is 11.9 Å². The van der Waals surface area contributed by atoms with E-state index in [-0.39, 0.29) is 73.6 Å². The molecule has 2 aliphatic carbocycles. The molecule has 2 aromatic heterocycles. The van der Waals surface area contributed by atoms with E-state index in [9.17, 15) is 27.2 Å². The summed E-state index contributed by atoms with van der Waals surface area (Å²) in [6.07, 6.45) is 1.88. The molecule has 0 bridgehead atoms. The summed E-state index contributed by atoms with van der Waals surface area (Å²) in [5.74, 6) is -5.79. The molecule has 0 atom stereocenters. The van der Waals surface area contributed by atoms with Crippen LogP contribution in [0.3, 0.4) is 0 Å². The van der Waals surface area contributed by atoms with E-state index in [1.54, 1.807) is 0 Å². The highest BCUT2D eigenvalue weighted by Gasteiger charge is 2.45. The van der Waals surface area contributed by atoms with E-state index in [0.29, 0.717) is 11.5 Å². The normalized spacial score (nSPS) is 16.7. The van der Waals surface area contributed by atoms with Gasteiger partial charge < -0.3 is 33.9 Å². The lowest BCUT2D eigenvalue weighted by Crippen LogP contribution is -2.38. The van der Waals surface area contributed by atoms with Gasteiger partial charge in [0.25, 0.3) is 0 Å². The number of aliphatic hydroxyl groups excluding tert-OH is 1. The Labute approximate surface area is 233 Å². The van der Waals surface area contributed by atoms with Crippen molar-refractivity contribution < 1.29 is 61.0 Å². The Morgan fingerprint density at radius 1 is 0.805 bits per heavy atom. The van der Waals surface area contributed by atoms with Crippen molar-refractivity contribution in [1.29, 1.82) is 0 Å². The van der Waals surface area contributed by atoms with Gasteiger partial charge in [-0.3, -0.25) is 0 Å². The van der Waals surface area contributed by atoms with Gasteiger partial charge in [0, 0.05) is 50.3 Å². The van der Waals surface area contributed by atoms with E-state index in [4.69, 9.17) is 24.4 Å². The number of aromatic nitrogens is 2. The molecule has 41 heavy (non-hydrogen) atoms. The summed E-state index contributed by atoms with van der Waals surface area (Å²) in [6, 6.07) is 2.69. The molecule has 0 radical (unpaired) electrons. The van der Waals surface area contributed by atoms with E-state index in [2.05, 4.69) is 19.4 Å². The van der Waals surface area contributed by atoms with Gasteiger partial charge in [-0.15, -0.1) is 0 Å². The second kappa shape index (κ2) is 14.7. The van der Waals surface area contributed by atoms with Crippen molar-refractivity contribution in [3.05, 3.63) is 35.9 Å². The zero-order chi connectivity index (χ0) is 30.8. The second-order valence-corrected chi connectivity index (χ2v) is 9.20. The molecule has 11 nitrogen and oxygen atoms in total. The topological polar surface area (TPSA) is 147 Å². The molecule has 0 spiro atoms. The van der Waals surface area contributed by atoms with Crippen molar-refractivity contribution in [2.45, 2.75) is 37.5 Å². The predicted octanol–water partition coefficient (Wildman–Crippen LogP) is 3.91. The van der Waals surface area contributed by atoms with E-state index < -0.39 is 23.8 Å². The van der Waals surface area contributed by atoms with E-state index in [1.807, 2.05) is 0 Å². The number of aliphatic hydroxyl groups is 1. The number of rotatable bonds is 8. The van der Waals surface area contributed by atoms with Crippen molar-refractivity contribution in [1.82, 2.24) is 9.97 Å². The van der Waals surface area contributed by atoms with Crippen LogP contribution in [0.4, 0.5) is 17.6 Å². The highest BCUT2D eigenvalue weighted by atomic mass is 19.3. The summed E-state index contributed by atoms with van der Waals surface area (Å²) in [5.41, 5.74) is 0.184. The van der Waals surface area contributed by atoms with Crippen LogP contribution in [0, 0.1) is 11.8 Å². The van der Waals surface area contributed by atoms with Crippen LogP contribution in [-0.2, 0) is 9.47 Å². The van der Waals surface area contributed by atoms with Crippen LogP contribution >= 0.6 is 0 Å². The van der Waals surface area contributed by atoms with Crippen molar-refractivity contribution in [3.8, 4) is 23.0 Å². The molecular formula is C26H32F4N2O9. The number of aromatic hydroxyl groups is 1. The molecule has 2 aromatic rings. The maximum Gasteiger partial charge on any atom is 0.356 e. The minimum absolute atomic E-state index is 0.0877. The average Bonchev–Trinajstić information content (AvgIpc) is 2.93. The van der Waals surface area contributed by atoms with Gasteiger partial charge in [-0.25, -0.2) is 37.1 Å². The molecule has 4 rings (SSSR count). The van der Waals surface area contributed by atoms with Crippen LogP contribution < -0.4 is 14.2 Å². The van der Waals surface area contributed by atoms with Crippen molar-refractivity contribution in [3.63, 3.8) is 0 Å². The summed E-state index contributed by atoms with van der Waals surface area (Å²) < 4.78 is 73.4. The zero-order valence-corrected chi connectivity index (χ0v) is 22.9. The number of alkyl halides is 4. The first-order valence-electron chi connectivity index (χ1n) is 12.2. The molecule has 2 aliphatic rings. The Morgan fingerprint density at radius 2 is 1.27 bits per heavy atom. The molecule has 2 heterocycles. The third-order valence-electron chi connectivity index (χ3n) is 5.99. The fourth-order valence-electron chi connectivity index (χ4n) is 3.74. The van der Waals surface area contributed by atoms with Crippen molar-refractivity contribution in [2.24, 2.45) is 11.8 Å². The van der Waals surface area contributed by atoms with Crippen LogP contribution in [0.25, 0.3) is 0 Å². The van der Waals surface area contributed by atoms with Gasteiger partial charge in [0.1, 0.15) is 0 Å². The monoisotopic (exact) mass is 592 g/mol. The minimum atomic E-state index is -2.56. The van der Waals surface area contributed by atoms with Gasteiger partial charge in [0.15, 0.2) is 34.4 Å². The van der Waals surface area contributed by atoms with Gasteiger partial charge in [-0.1, -0.05) is 0 Å². The number of carbonyl (C=O) groups excluding carboxylic acids is 2. The number of nitrogens with zero attached hydrogens (tertiary/aromatic N) is 2. The average molecular weight is 593 g/mol. The minimum Gasteiger partial charge on any atom is -0.503 e. The fourth-order valence-corrected chi connectivity index (χ4v) is 3.74. The highest BCUT2D eigenvalue weighted by Crippen LogP contribution is 2.43. The lowest BCUT2D eigenvalue weighted by molar-refractivity contribution is -0.121. The number of hydrogen-bond donors (Lipinski definition) is 2. The molecular weight excluding hydrogens is 560 g/mol. The van der Waals surface area contributed by atoms with E-state index in [0.717, 1.165) is 6.20 Å². The molecule has 228 valence electrons. The standard InChI is InChI=1S/C13H15F2NO4.C8H9NO4.C5H8F2O/c1-18-10-3-9(12(17)19-2)16-6-11(10)20-7-8-4-13(14,15)5-8;1-12-7-3-5(8(11)13-2)9-4-6(7)10;6-5(7)1-4(2-5)3-8/h3,6,8H,4-5,7H2,1-2H3;3-4,10H,1-2H3;4,8H,1-3H2. The number of halogens is 4. The Kier molecular flexibility index (Phi) is 11.9. The highest BCUT2D eigenvalue weighted by molar-refractivity contribution is 5.88. The number of ether oxygens (including phenoxy) is 5. The summed E-state index contributed by atoms with van der Waals surface area (Å²) in [5, 5.41) is 17.4. The molecule has 15 heteroatoms. The summed E-state index contributed by atoms with van der Waals surface area (Å²) in [6.45, 7) is 0.0841. The Balaban J connectivity index is 0.000000239. The van der Waals surface area contributed by atoms with Gasteiger partial charge in [-0.2, -0.15) is 0 Å². The van der Waals surface area contributed by atoms with Crippen LogP contribution in [0.15, 0.2) is 24.5 Å². The lowest BCUT2D eigenvalue weighted by atomic mass is 9.82. The zero-order valence-electron chi connectivity index (χ0n) is 22.9.